The smallest absolute Gasteiger partial charge is 0.417 e. The van der Waals surface area contributed by atoms with Crippen molar-refractivity contribution >= 4 is 16.7 Å². The van der Waals surface area contributed by atoms with Crippen LogP contribution in [-0.2, 0) is 11.3 Å². The van der Waals surface area contributed by atoms with Crippen LogP contribution in [0.5, 0.6) is 11.5 Å². The Morgan fingerprint density at radius 1 is 1.09 bits per heavy atom. The zero-order valence-electron chi connectivity index (χ0n) is 19.0. The molecule has 184 valence electrons. The third kappa shape index (κ3) is 5.64. The first-order valence-corrected chi connectivity index (χ1v) is 10.3. The zero-order chi connectivity index (χ0) is 25.0. The van der Waals surface area contributed by atoms with Crippen LogP contribution in [0.15, 0.2) is 30.3 Å². The number of halogens is 5. The lowest BCUT2D eigenvalue weighted by Gasteiger charge is -2.20. The predicted molar refractivity (Wildman–Crippen MR) is 116 cm³/mol. The molecular formula is C23H24F5N3O3. The predicted octanol–water partition coefficient (Wildman–Crippen LogP) is 5.68. The second-order valence-corrected chi connectivity index (χ2v) is 7.51. The molecule has 2 atom stereocenters. The molecule has 11 heteroatoms. The SMILES string of the molecule is COc1cc2nc(C)nc(NCc3cccc(C(C)F)c3F)c2cc1OCC(OC)C(F)(F)F. The molecule has 34 heavy (non-hydrogen) atoms. The lowest BCUT2D eigenvalue weighted by atomic mass is 10.1. The molecule has 6 nitrogen and oxygen atoms in total. The number of anilines is 1. The summed E-state index contributed by atoms with van der Waals surface area (Å²) in [6.07, 6.45) is -8.21. The van der Waals surface area contributed by atoms with Crippen molar-refractivity contribution in [2.45, 2.75) is 38.8 Å². The van der Waals surface area contributed by atoms with E-state index < -0.39 is 30.9 Å². The lowest BCUT2D eigenvalue weighted by molar-refractivity contribution is -0.219. The standard InChI is InChI=1S/C23H24F5N3O3/c1-12(24)15-7-5-6-14(21(15)25)10-29-22-16-8-19(34-11-20(33-4)23(26,27)28)18(32-3)9-17(16)30-13(2)31-22/h5-9,12,20H,10-11H2,1-4H3,(H,29,30,31). The number of benzene rings is 2. The van der Waals surface area contributed by atoms with Gasteiger partial charge in [0.2, 0.25) is 0 Å². The molecule has 1 aromatic heterocycles. The Kier molecular flexibility index (Phi) is 7.75. The second-order valence-electron chi connectivity index (χ2n) is 7.51. The molecule has 3 aromatic rings. The first kappa shape index (κ1) is 25.4. The Balaban J connectivity index is 1.95. The van der Waals surface area contributed by atoms with Crippen molar-refractivity contribution in [3.05, 3.63) is 53.1 Å². The van der Waals surface area contributed by atoms with E-state index in [2.05, 4.69) is 20.0 Å². The topological polar surface area (TPSA) is 65.5 Å². The van der Waals surface area contributed by atoms with E-state index in [4.69, 9.17) is 9.47 Å². The van der Waals surface area contributed by atoms with Crippen LogP contribution in [0.2, 0.25) is 0 Å². The van der Waals surface area contributed by atoms with Crippen molar-refractivity contribution in [3.8, 4) is 11.5 Å². The fourth-order valence-corrected chi connectivity index (χ4v) is 3.34. The highest BCUT2D eigenvalue weighted by atomic mass is 19.4. The van der Waals surface area contributed by atoms with Crippen LogP contribution in [0.1, 0.15) is 30.0 Å². The van der Waals surface area contributed by atoms with Crippen LogP contribution in [0.3, 0.4) is 0 Å². The number of alkyl halides is 4. The van der Waals surface area contributed by atoms with Gasteiger partial charge >= 0.3 is 6.18 Å². The highest BCUT2D eigenvalue weighted by Crippen LogP contribution is 2.35. The van der Waals surface area contributed by atoms with E-state index in [0.717, 1.165) is 7.11 Å². The summed E-state index contributed by atoms with van der Waals surface area (Å²) in [5, 5.41) is 3.42. The largest absolute Gasteiger partial charge is 0.493 e. The van der Waals surface area contributed by atoms with Gasteiger partial charge < -0.3 is 19.5 Å². The Labute approximate surface area is 193 Å². The van der Waals surface area contributed by atoms with Crippen LogP contribution in [0.25, 0.3) is 10.9 Å². The summed E-state index contributed by atoms with van der Waals surface area (Å²) in [6.45, 7) is 2.09. The van der Waals surface area contributed by atoms with Crippen LogP contribution in [0.4, 0.5) is 27.8 Å². The summed E-state index contributed by atoms with van der Waals surface area (Å²) in [6, 6.07) is 7.39. The monoisotopic (exact) mass is 485 g/mol. The third-order valence-corrected chi connectivity index (χ3v) is 5.12. The Bertz CT molecular complexity index is 1150. The summed E-state index contributed by atoms with van der Waals surface area (Å²) in [7, 11) is 2.29. The van der Waals surface area contributed by atoms with Gasteiger partial charge in [-0.15, -0.1) is 0 Å². The van der Waals surface area contributed by atoms with Crippen molar-refractivity contribution in [1.29, 1.82) is 0 Å². The Morgan fingerprint density at radius 2 is 1.82 bits per heavy atom. The molecule has 0 aliphatic heterocycles. The molecule has 0 amide bonds. The number of nitrogens with one attached hydrogen (secondary N) is 1. The molecule has 1 heterocycles. The summed E-state index contributed by atoms with van der Waals surface area (Å²) < 4.78 is 82.4. The minimum absolute atomic E-state index is 0.0139. The van der Waals surface area contributed by atoms with Gasteiger partial charge in [-0.3, -0.25) is 0 Å². The van der Waals surface area contributed by atoms with Crippen molar-refractivity contribution in [3.63, 3.8) is 0 Å². The summed E-state index contributed by atoms with van der Waals surface area (Å²) in [5.74, 6) is 0.227. The molecule has 0 bridgehead atoms. The molecule has 1 N–H and O–H groups in total. The average molecular weight is 485 g/mol. The molecule has 0 aliphatic rings. The minimum Gasteiger partial charge on any atom is -0.493 e. The molecule has 3 rings (SSSR count). The average Bonchev–Trinajstić information content (AvgIpc) is 2.77. The van der Waals surface area contributed by atoms with E-state index in [-0.39, 0.29) is 29.2 Å². The number of aryl methyl sites for hydroxylation is 1. The minimum atomic E-state index is -4.61. The number of ether oxygens (including phenoxy) is 3. The van der Waals surface area contributed by atoms with Gasteiger partial charge in [-0.1, -0.05) is 18.2 Å². The van der Waals surface area contributed by atoms with Crippen LogP contribution in [-0.4, -0.2) is 43.1 Å². The van der Waals surface area contributed by atoms with Gasteiger partial charge in [-0.05, 0) is 19.9 Å². The van der Waals surface area contributed by atoms with E-state index in [1.807, 2.05) is 0 Å². The van der Waals surface area contributed by atoms with Crippen molar-refractivity contribution < 1.29 is 36.2 Å². The zero-order valence-corrected chi connectivity index (χ0v) is 19.0. The van der Waals surface area contributed by atoms with E-state index >= 15 is 0 Å². The van der Waals surface area contributed by atoms with Gasteiger partial charge in [0.15, 0.2) is 17.6 Å². The van der Waals surface area contributed by atoms with Crippen molar-refractivity contribution in [1.82, 2.24) is 9.97 Å². The molecule has 2 unspecified atom stereocenters. The fraction of sp³-hybridized carbons (Fsp3) is 0.391. The maximum absolute atomic E-state index is 14.6. The van der Waals surface area contributed by atoms with Crippen LogP contribution in [0, 0.1) is 12.7 Å². The summed E-state index contributed by atoms with van der Waals surface area (Å²) in [4.78, 5) is 8.66. The maximum Gasteiger partial charge on any atom is 0.417 e. The number of aromatic nitrogens is 2. The number of rotatable bonds is 9. The van der Waals surface area contributed by atoms with Gasteiger partial charge in [0.05, 0.1) is 12.6 Å². The Morgan fingerprint density at radius 3 is 2.44 bits per heavy atom. The molecule has 0 fully saturated rings. The number of methoxy groups -OCH3 is 2. The number of nitrogens with zero attached hydrogens (tertiary/aromatic N) is 2. The van der Waals surface area contributed by atoms with Gasteiger partial charge in [-0.2, -0.15) is 13.2 Å². The molecule has 0 aliphatic carbocycles. The quantitative estimate of drug-likeness (QED) is 0.393. The van der Waals surface area contributed by atoms with Crippen molar-refractivity contribution in [2.75, 3.05) is 26.1 Å². The van der Waals surface area contributed by atoms with Crippen molar-refractivity contribution in [2.24, 2.45) is 0 Å². The number of hydrogen-bond donors (Lipinski definition) is 1. The molecule has 2 aromatic carbocycles. The molecule has 0 spiro atoms. The second kappa shape index (κ2) is 10.4. The van der Waals surface area contributed by atoms with Gasteiger partial charge in [-0.25, -0.2) is 18.7 Å². The Hall–Kier alpha value is -3.21. The third-order valence-electron chi connectivity index (χ3n) is 5.12. The van der Waals surface area contributed by atoms with Gasteiger partial charge in [0, 0.05) is 36.2 Å². The first-order valence-electron chi connectivity index (χ1n) is 10.3. The van der Waals surface area contributed by atoms with Crippen LogP contribution >= 0.6 is 0 Å². The first-order chi connectivity index (χ1) is 16.0. The molecule has 0 radical (unpaired) electrons. The van der Waals surface area contributed by atoms with Crippen LogP contribution < -0.4 is 14.8 Å². The van der Waals surface area contributed by atoms with E-state index in [0.29, 0.717) is 22.5 Å². The molecular weight excluding hydrogens is 461 g/mol. The number of hydrogen-bond acceptors (Lipinski definition) is 6. The number of fused-ring (bicyclic) bond motifs is 1. The molecule has 0 saturated heterocycles. The van der Waals surface area contributed by atoms with Gasteiger partial charge in [0.25, 0.3) is 0 Å². The van der Waals surface area contributed by atoms with E-state index in [1.54, 1.807) is 13.0 Å². The van der Waals surface area contributed by atoms with Gasteiger partial charge in [0.1, 0.15) is 30.2 Å². The lowest BCUT2D eigenvalue weighted by Crippen LogP contribution is -2.36. The highest BCUT2D eigenvalue weighted by molar-refractivity contribution is 5.91. The summed E-state index contributed by atoms with van der Waals surface area (Å²) >= 11 is 0. The highest BCUT2D eigenvalue weighted by Gasteiger charge is 2.40. The summed E-state index contributed by atoms with van der Waals surface area (Å²) in [5.41, 5.74) is 0.607. The normalized spacial score (nSPS) is 13.6. The van der Waals surface area contributed by atoms with E-state index in [9.17, 15) is 22.0 Å². The maximum atomic E-state index is 14.6. The fourth-order valence-electron chi connectivity index (χ4n) is 3.34. The molecule has 0 saturated carbocycles. The van der Waals surface area contributed by atoms with E-state index in [1.165, 1.54) is 38.3 Å².